The van der Waals surface area contributed by atoms with Crippen molar-refractivity contribution in [1.29, 1.82) is 0 Å². The highest BCUT2D eigenvalue weighted by atomic mass is 32.2. The Morgan fingerprint density at radius 1 is 1.03 bits per heavy atom. The highest BCUT2D eigenvalue weighted by Gasteiger charge is 2.27. The maximum Gasteiger partial charge on any atom is 0.295 e. The van der Waals surface area contributed by atoms with E-state index >= 15 is 0 Å². The predicted octanol–water partition coefficient (Wildman–Crippen LogP) is 3.69. The third kappa shape index (κ3) is 3.66. The number of hydrogen-bond donors (Lipinski definition) is 2. The van der Waals surface area contributed by atoms with Crippen LogP contribution in [0.15, 0.2) is 66.1 Å². The number of rotatable bonds is 0. The molecule has 2 aliphatic rings. The first-order valence-electron chi connectivity index (χ1n) is 10.2. The number of ether oxygens (including phenoxy) is 2. The highest BCUT2D eigenvalue weighted by Crippen LogP contribution is 2.38. The van der Waals surface area contributed by atoms with E-state index in [2.05, 4.69) is 32.8 Å². The molecule has 0 bridgehead atoms. The molecule has 2 aromatic carbocycles. The predicted molar refractivity (Wildman–Crippen MR) is 119 cm³/mol. The van der Waals surface area contributed by atoms with Crippen molar-refractivity contribution < 1.29 is 14.3 Å². The van der Waals surface area contributed by atoms with Crippen molar-refractivity contribution in [3.63, 3.8) is 0 Å². The van der Waals surface area contributed by atoms with Crippen molar-refractivity contribution >= 4 is 28.8 Å². The molecule has 1 aromatic heterocycles. The van der Waals surface area contributed by atoms with Gasteiger partial charge in [0.15, 0.2) is 0 Å². The third-order valence-corrected chi connectivity index (χ3v) is 6.11. The summed E-state index contributed by atoms with van der Waals surface area (Å²) >= 11 is 1.42. The van der Waals surface area contributed by atoms with E-state index in [1.807, 2.05) is 36.4 Å². The molecule has 1 amide bonds. The quantitative estimate of drug-likeness (QED) is 0.542. The van der Waals surface area contributed by atoms with Crippen molar-refractivity contribution in [3.05, 3.63) is 66.1 Å². The minimum absolute atomic E-state index is 0.174. The van der Waals surface area contributed by atoms with Crippen molar-refractivity contribution in [2.45, 2.75) is 13.0 Å². The average Bonchev–Trinajstić information content (AvgIpc) is 3.11. The minimum Gasteiger partial charge on any atom is -0.463 e. The fraction of sp³-hybridized carbons (Fsp3) is 0.261. The molecule has 2 N–H and O–H groups in total. The van der Waals surface area contributed by atoms with E-state index in [9.17, 15) is 4.79 Å². The Bertz CT molecular complexity index is 1120. The van der Waals surface area contributed by atoms with Crippen LogP contribution in [-0.2, 0) is 16.1 Å². The van der Waals surface area contributed by atoms with Gasteiger partial charge in [-0.3, -0.25) is 9.52 Å². The molecule has 0 aliphatic carbocycles. The van der Waals surface area contributed by atoms with Gasteiger partial charge in [-0.15, -0.1) is 0 Å². The average molecular weight is 422 g/mol. The molecule has 0 saturated carbocycles. The maximum atomic E-state index is 13.1. The van der Waals surface area contributed by atoms with Crippen LogP contribution in [0.3, 0.4) is 0 Å². The van der Waals surface area contributed by atoms with Gasteiger partial charge < -0.3 is 19.4 Å². The molecule has 0 radical (unpaired) electrons. The Labute approximate surface area is 179 Å². The topological polar surface area (TPSA) is 64.5 Å². The molecule has 7 heteroatoms. The SMILES string of the molecule is O=C1NSCCCNCCO/C2=C\1Cn1c(cc3ccccc31)-c1ccccc1O2. The van der Waals surface area contributed by atoms with E-state index in [4.69, 9.17) is 9.47 Å². The summed E-state index contributed by atoms with van der Waals surface area (Å²) in [6, 6.07) is 18.2. The summed E-state index contributed by atoms with van der Waals surface area (Å²) in [5.74, 6) is 1.62. The zero-order valence-electron chi connectivity index (χ0n) is 16.5. The van der Waals surface area contributed by atoms with Gasteiger partial charge in [0.05, 0.1) is 12.2 Å². The fourth-order valence-electron chi connectivity index (χ4n) is 3.82. The van der Waals surface area contributed by atoms with Crippen LogP contribution in [0.4, 0.5) is 0 Å². The van der Waals surface area contributed by atoms with Gasteiger partial charge in [0.2, 0.25) is 0 Å². The van der Waals surface area contributed by atoms with Crippen LogP contribution in [0.5, 0.6) is 5.75 Å². The Kier molecular flexibility index (Phi) is 5.38. The largest absolute Gasteiger partial charge is 0.463 e. The Morgan fingerprint density at radius 2 is 1.90 bits per heavy atom. The van der Waals surface area contributed by atoms with Gasteiger partial charge >= 0.3 is 0 Å². The summed E-state index contributed by atoms with van der Waals surface area (Å²) < 4.78 is 17.3. The fourth-order valence-corrected chi connectivity index (χ4v) is 4.47. The molecule has 5 rings (SSSR count). The maximum absolute atomic E-state index is 13.1. The summed E-state index contributed by atoms with van der Waals surface area (Å²) in [5, 5.41) is 4.48. The number of hydrogen-bond acceptors (Lipinski definition) is 5. The van der Waals surface area contributed by atoms with Crippen molar-refractivity contribution in [3.8, 4) is 17.0 Å². The second-order valence-corrected chi connectivity index (χ2v) is 8.17. The Morgan fingerprint density at radius 3 is 2.87 bits per heavy atom. The number of benzene rings is 2. The molecule has 0 atom stereocenters. The molecule has 154 valence electrons. The van der Waals surface area contributed by atoms with Crippen molar-refractivity contribution in [2.24, 2.45) is 0 Å². The van der Waals surface area contributed by atoms with Crippen molar-refractivity contribution in [2.75, 3.05) is 25.4 Å². The number of carbonyl (C=O) groups excluding carboxylic acids is 1. The first-order valence-corrected chi connectivity index (χ1v) is 11.1. The van der Waals surface area contributed by atoms with Crippen LogP contribution in [0.2, 0.25) is 0 Å². The number of nitrogens with zero attached hydrogens (tertiary/aromatic N) is 1. The van der Waals surface area contributed by atoms with Crippen LogP contribution in [-0.4, -0.2) is 35.9 Å². The van der Waals surface area contributed by atoms with Crippen LogP contribution in [0.25, 0.3) is 22.2 Å². The Hall–Kier alpha value is -2.90. The van der Waals surface area contributed by atoms with E-state index in [0.717, 1.165) is 40.9 Å². The van der Waals surface area contributed by atoms with Gasteiger partial charge in [-0.25, -0.2) is 0 Å². The monoisotopic (exact) mass is 421 g/mol. The van der Waals surface area contributed by atoms with Gasteiger partial charge in [0, 0.05) is 28.8 Å². The molecule has 3 aromatic rings. The molecule has 3 heterocycles. The summed E-state index contributed by atoms with van der Waals surface area (Å²) in [6.07, 6.45) is 0.979. The van der Waals surface area contributed by atoms with E-state index in [1.54, 1.807) is 0 Å². The lowest BCUT2D eigenvalue weighted by Crippen LogP contribution is -2.29. The van der Waals surface area contributed by atoms with Crippen LogP contribution >= 0.6 is 11.9 Å². The van der Waals surface area contributed by atoms with E-state index in [0.29, 0.717) is 31.0 Å². The molecule has 30 heavy (non-hydrogen) atoms. The van der Waals surface area contributed by atoms with Gasteiger partial charge in [0.25, 0.3) is 11.9 Å². The number of carbonyl (C=O) groups is 1. The van der Waals surface area contributed by atoms with Gasteiger partial charge in [-0.2, -0.15) is 0 Å². The van der Waals surface area contributed by atoms with E-state index in [1.165, 1.54) is 11.9 Å². The first kappa shape index (κ1) is 19.1. The molecule has 0 spiro atoms. The second kappa shape index (κ2) is 8.45. The van der Waals surface area contributed by atoms with Gasteiger partial charge in [-0.1, -0.05) is 42.3 Å². The molecular weight excluding hydrogens is 398 g/mol. The highest BCUT2D eigenvalue weighted by molar-refractivity contribution is 7.97. The normalized spacial score (nSPS) is 20.1. The summed E-state index contributed by atoms with van der Waals surface area (Å²) in [4.78, 5) is 13.1. The lowest BCUT2D eigenvalue weighted by atomic mass is 10.1. The third-order valence-electron chi connectivity index (χ3n) is 5.29. The molecule has 2 aliphatic heterocycles. The van der Waals surface area contributed by atoms with Gasteiger partial charge in [0.1, 0.15) is 17.9 Å². The standard InChI is InChI=1S/C23H23N3O3S/c27-22-18-15-26-19-8-3-1-6-16(19)14-20(26)17-7-2-4-9-21(17)29-23(18)28-12-11-24-10-5-13-30-25-22/h1-4,6-9,14,24H,5,10-13,15H2,(H,25,27)/b23-18+. The zero-order chi connectivity index (χ0) is 20.3. The number of aromatic nitrogens is 1. The van der Waals surface area contributed by atoms with E-state index in [-0.39, 0.29) is 11.9 Å². The Balaban J connectivity index is 1.67. The zero-order valence-corrected chi connectivity index (χ0v) is 17.3. The second-order valence-electron chi connectivity index (χ2n) is 7.27. The molecular formula is C23H23N3O3S. The molecule has 0 fully saturated rings. The minimum atomic E-state index is -0.174. The summed E-state index contributed by atoms with van der Waals surface area (Å²) in [7, 11) is 0. The van der Waals surface area contributed by atoms with Crippen molar-refractivity contribution in [1.82, 2.24) is 14.6 Å². The molecule has 6 nitrogen and oxygen atoms in total. The smallest absolute Gasteiger partial charge is 0.295 e. The lowest BCUT2D eigenvalue weighted by molar-refractivity contribution is -0.116. The number of amides is 1. The van der Waals surface area contributed by atoms with Crippen LogP contribution in [0, 0.1) is 0 Å². The van der Waals surface area contributed by atoms with Gasteiger partial charge in [-0.05, 0) is 37.2 Å². The van der Waals surface area contributed by atoms with Crippen LogP contribution < -0.4 is 14.8 Å². The molecule has 0 unspecified atom stereocenters. The number of para-hydroxylation sites is 2. The van der Waals surface area contributed by atoms with E-state index < -0.39 is 0 Å². The number of nitrogens with one attached hydrogen (secondary N) is 2. The van der Waals surface area contributed by atoms with Crippen LogP contribution in [0.1, 0.15) is 6.42 Å². The summed E-state index contributed by atoms with van der Waals surface area (Å²) in [6.45, 7) is 2.39. The lowest BCUT2D eigenvalue weighted by Gasteiger charge is -2.23. The summed E-state index contributed by atoms with van der Waals surface area (Å²) in [5.41, 5.74) is 3.55. The number of fused-ring (bicyclic) bond motifs is 5. The molecule has 0 saturated heterocycles. The first-order chi connectivity index (χ1) is 14.8.